The maximum Gasteiger partial charge on any atom is 0.159 e. The van der Waals surface area contributed by atoms with Crippen molar-refractivity contribution in [3.63, 3.8) is 0 Å². The Hall–Kier alpha value is -0.963. The minimum absolute atomic E-state index is 0.427. The number of unbranched alkanes of at least 4 members (excludes halogenated alkanes) is 1. The smallest absolute Gasteiger partial charge is 0.159 e. The van der Waals surface area contributed by atoms with Crippen LogP contribution in [0.2, 0.25) is 18.1 Å². The van der Waals surface area contributed by atoms with Gasteiger partial charge in [-0.25, -0.2) is 8.78 Å². The molecule has 0 spiro atoms. The molecule has 1 aliphatic heterocycles. The van der Waals surface area contributed by atoms with E-state index in [1.54, 1.807) is 18.2 Å². The molecule has 0 atom stereocenters. The van der Waals surface area contributed by atoms with Gasteiger partial charge in [-0.1, -0.05) is 49.5 Å². The Morgan fingerprint density at radius 1 is 0.960 bits per heavy atom. The number of halogens is 2. The lowest BCUT2D eigenvalue weighted by Gasteiger charge is -2.37. The summed E-state index contributed by atoms with van der Waals surface area (Å²) < 4.78 is 26.6. The first-order valence-corrected chi connectivity index (χ1v) is 12.7. The molecule has 2 aliphatic rings. The number of allylic oxidation sites excluding steroid dienone is 1. The zero-order valence-electron chi connectivity index (χ0n) is 15.4. The number of rotatable bonds is 6. The molecular formula is C22H32F2Si. The van der Waals surface area contributed by atoms with Gasteiger partial charge in [-0.05, 0) is 67.6 Å². The van der Waals surface area contributed by atoms with E-state index in [-0.39, 0.29) is 0 Å². The molecule has 0 radical (unpaired) electrons. The van der Waals surface area contributed by atoms with Crippen LogP contribution >= 0.6 is 0 Å². The normalized spacial score (nSPS) is 30.2. The Kier molecular flexibility index (Phi) is 6.86. The first-order chi connectivity index (χ1) is 12.2. The highest BCUT2D eigenvalue weighted by Crippen LogP contribution is 2.43. The predicted octanol–water partition coefficient (Wildman–Crippen LogP) is 6.84. The van der Waals surface area contributed by atoms with Crippen molar-refractivity contribution < 1.29 is 8.78 Å². The summed E-state index contributed by atoms with van der Waals surface area (Å²) in [5.74, 6) is 0.820. The molecule has 0 N–H and O–H groups in total. The van der Waals surface area contributed by atoms with E-state index >= 15 is 0 Å². The highest BCUT2D eigenvalue weighted by Gasteiger charge is 2.31. The van der Waals surface area contributed by atoms with Gasteiger partial charge in [0.25, 0.3) is 0 Å². The summed E-state index contributed by atoms with van der Waals surface area (Å²) in [7, 11) is -0.448. The van der Waals surface area contributed by atoms with Gasteiger partial charge < -0.3 is 0 Å². The van der Waals surface area contributed by atoms with Crippen molar-refractivity contribution in [2.75, 3.05) is 0 Å². The van der Waals surface area contributed by atoms with Crippen LogP contribution in [0.15, 0.2) is 30.9 Å². The molecule has 1 aromatic rings. The topological polar surface area (TPSA) is 0 Å². The second kappa shape index (κ2) is 9.11. The Balaban J connectivity index is 1.43. The third-order valence-corrected chi connectivity index (χ3v) is 10.3. The molecule has 3 rings (SSSR count). The van der Waals surface area contributed by atoms with Crippen molar-refractivity contribution >= 4 is 8.80 Å². The van der Waals surface area contributed by atoms with E-state index in [4.69, 9.17) is 0 Å². The van der Waals surface area contributed by atoms with Crippen LogP contribution in [0.3, 0.4) is 0 Å². The van der Waals surface area contributed by atoms with E-state index in [0.717, 1.165) is 30.2 Å². The zero-order valence-corrected chi connectivity index (χ0v) is 16.5. The highest BCUT2D eigenvalue weighted by molar-refractivity contribution is 6.58. The summed E-state index contributed by atoms with van der Waals surface area (Å²) in [4.78, 5) is 0. The summed E-state index contributed by atoms with van der Waals surface area (Å²) in [6.45, 7) is 3.83. The first-order valence-electron chi connectivity index (χ1n) is 10.2. The van der Waals surface area contributed by atoms with Gasteiger partial charge in [0.1, 0.15) is 0 Å². The van der Waals surface area contributed by atoms with Crippen molar-refractivity contribution in [3.05, 3.63) is 48.1 Å². The predicted molar refractivity (Wildman–Crippen MR) is 105 cm³/mol. The molecule has 1 aromatic carbocycles. The van der Waals surface area contributed by atoms with Gasteiger partial charge >= 0.3 is 0 Å². The lowest BCUT2D eigenvalue weighted by atomic mass is 9.72. The van der Waals surface area contributed by atoms with Crippen molar-refractivity contribution in [2.24, 2.45) is 11.8 Å². The number of hydrogen-bond donors (Lipinski definition) is 0. The van der Waals surface area contributed by atoms with Crippen molar-refractivity contribution in [2.45, 2.75) is 75.4 Å². The van der Waals surface area contributed by atoms with Gasteiger partial charge in [0, 0.05) is 8.80 Å². The molecule has 0 aromatic heterocycles. The summed E-state index contributed by atoms with van der Waals surface area (Å²) in [5, 5.41) is 0. The Morgan fingerprint density at radius 3 is 2.28 bits per heavy atom. The standard InChI is InChI=1S/C22H32F2Si/c1-2-3-4-13-25-14-11-19(12-15-25)17-5-7-18(8-6-17)20-9-10-21(23)22(24)16-20/h2,9-10,16-19,25H,1,3-8,11-15H2/t17?,18?,19-,25-. The maximum atomic E-state index is 13.5. The van der Waals surface area contributed by atoms with Crippen LogP contribution in [0.5, 0.6) is 0 Å². The van der Waals surface area contributed by atoms with Crippen LogP contribution in [0.25, 0.3) is 0 Å². The summed E-state index contributed by atoms with van der Waals surface area (Å²) in [6.07, 6.45) is 12.4. The SMILES string of the molecule is C=CCCC[Si@H]1CC[C@H](C2CCC(c3ccc(F)c(F)c3)CC2)CC1. The zero-order chi connectivity index (χ0) is 17.6. The van der Waals surface area contributed by atoms with E-state index < -0.39 is 20.4 Å². The number of benzene rings is 1. The molecule has 0 bridgehead atoms. The third-order valence-electron chi connectivity index (χ3n) is 6.77. The average molecular weight is 363 g/mol. The van der Waals surface area contributed by atoms with Gasteiger partial charge in [-0.3, -0.25) is 0 Å². The van der Waals surface area contributed by atoms with Crippen LogP contribution in [0, 0.1) is 23.5 Å². The molecule has 1 saturated carbocycles. The van der Waals surface area contributed by atoms with E-state index in [1.165, 1.54) is 56.7 Å². The molecule has 0 nitrogen and oxygen atoms in total. The van der Waals surface area contributed by atoms with Gasteiger partial charge in [0.2, 0.25) is 0 Å². The summed E-state index contributed by atoms with van der Waals surface area (Å²) >= 11 is 0. The molecule has 2 fully saturated rings. The second-order valence-corrected chi connectivity index (χ2v) is 11.7. The minimum atomic E-state index is -0.730. The van der Waals surface area contributed by atoms with Crippen LogP contribution < -0.4 is 0 Å². The van der Waals surface area contributed by atoms with E-state index in [0.29, 0.717) is 5.92 Å². The van der Waals surface area contributed by atoms with Crippen LogP contribution in [0.1, 0.15) is 62.8 Å². The van der Waals surface area contributed by atoms with Crippen molar-refractivity contribution in [1.29, 1.82) is 0 Å². The van der Waals surface area contributed by atoms with Gasteiger partial charge in [-0.2, -0.15) is 0 Å². The average Bonchev–Trinajstić information content (AvgIpc) is 2.65. The minimum Gasteiger partial charge on any atom is -0.204 e. The molecule has 138 valence electrons. The maximum absolute atomic E-state index is 13.5. The Labute approximate surface area is 153 Å². The molecular weight excluding hydrogens is 330 g/mol. The van der Waals surface area contributed by atoms with Crippen molar-refractivity contribution in [1.82, 2.24) is 0 Å². The lowest BCUT2D eigenvalue weighted by Crippen LogP contribution is -2.28. The molecule has 0 unspecified atom stereocenters. The van der Waals surface area contributed by atoms with Crippen molar-refractivity contribution in [3.8, 4) is 0 Å². The van der Waals surface area contributed by atoms with Crippen LogP contribution in [-0.2, 0) is 0 Å². The van der Waals surface area contributed by atoms with Crippen LogP contribution in [-0.4, -0.2) is 8.80 Å². The second-order valence-electron chi connectivity index (χ2n) is 8.29. The molecule has 25 heavy (non-hydrogen) atoms. The van der Waals surface area contributed by atoms with Gasteiger partial charge in [-0.15, -0.1) is 6.58 Å². The van der Waals surface area contributed by atoms with Gasteiger partial charge in [0.05, 0.1) is 0 Å². The quantitative estimate of drug-likeness (QED) is 0.295. The largest absolute Gasteiger partial charge is 0.204 e. The van der Waals surface area contributed by atoms with E-state index in [9.17, 15) is 8.78 Å². The first kappa shape index (κ1) is 18.8. The number of hydrogen-bond acceptors (Lipinski definition) is 0. The summed E-state index contributed by atoms with van der Waals surface area (Å²) in [6, 6.07) is 9.09. The Bertz CT molecular complexity index is 555. The van der Waals surface area contributed by atoms with Gasteiger partial charge in [0.15, 0.2) is 11.6 Å². The molecule has 0 amide bonds. The fourth-order valence-corrected chi connectivity index (χ4v) is 8.67. The van der Waals surface area contributed by atoms with E-state index in [2.05, 4.69) is 12.7 Å². The highest BCUT2D eigenvalue weighted by atomic mass is 28.3. The van der Waals surface area contributed by atoms with Crippen LogP contribution in [0.4, 0.5) is 8.78 Å². The third kappa shape index (κ3) is 5.03. The molecule has 1 heterocycles. The summed E-state index contributed by atoms with van der Waals surface area (Å²) in [5.41, 5.74) is 0.996. The fourth-order valence-electron chi connectivity index (χ4n) is 5.19. The fraction of sp³-hybridized carbons (Fsp3) is 0.636. The molecule has 3 heteroatoms. The van der Waals surface area contributed by atoms with E-state index in [1.807, 2.05) is 0 Å². The molecule has 1 aliphatic carbocycles. The molecule has 1 saturated heterocycles. The monoisotopic (exact) mass is 362 g/mol. The Morgan fingerprint density at radius 2 is 1.64 bits per heavy atom. The lowest BCUT2D eigenvalue weighted by molar-refractivity contribution is 0.216.